The fraction of sp³-hybridized carbons (Fsp3) is 0.857. The third-order valence-electron chi connectivity index (χ3n) is 10.9. The Kier molecular flexibility index (Phi) is 43.1. The molecule has 0 aromatic rings. The van der Waals surface area contributed by atoms with E-state index in [1.54, 1.807) is 6.08 Å². The van der Waals surface area contributed by atoms with Gasteiger partial charge >= 0.3 is 0 Å². The summed E-state index contributed by atoms with van der Waals surface area (Å²) in [6.07, 6.45) is 55.9. The van der Waals surface area contributed by atoms with E-state index in [2.05, 4.69) is 43.5 Å². The summed E-state index contributed by atoms with van der Waals surface area (Å²) in [6.45, 7) is 4.21. The van der Waals surface area contributed by atoms with Crippen LogP contribution in [0.5, 0.6) is 0 Å². The highest BCUT2D eigenvalue weighted by molar-refractivity contribution is 5.76. The van der Waals surface area contributed by atoms with E-state index in [9.17, 15) is 20.1 Å². The lowest BCUT2D eigenvalue weighted by Gasteiger charge is -2.21. The molecule has 0 bridgehead atoms. The van der Waals surface area contributed by atoms with Crippen molar-refractivity contribution < 1.29 is 20.1 Å². The summed E-state index contributed by atoms with van der Waals surface area (Å²) < 4.78 is 0. The molecular weight excluding hydrogens is 667 g/mol. The molecule has 5 heteroatoms. The zero-order valence-electron chi connectivity index (χ0n) is 36.1. The van der Waals surface area contributed by atoms with Crippen LogP contribution in [0.2, 0.25) is 0 Å². The minimum Gasteiger partial charge on any atom is -0.394 e. The lowest BCUT2D eigenvalue weighted by molar-refractivity contribution is -0.124. The summed E-state index contributed by atoms with van der Waals surface area (Å²) in [6, 6.07) is -0.743. The minimum absolute atomic E-state index is 0.0125. The van der Waals surface area contributed by atoms with Crippen LogP contribution in [0.4, 0.5) is 0 Å². The lowest BCUT2D eigenvalue weighted by Crippen LogP contribution is -2.45. The molecule has 54 heavy (non-hydrogen) atoms. The number of carbonyl (C=O) groups is 1. The van der Waals surface area contributed by atoms with Crippen molar-refractivity contribution in [1.29, 1.82) is 0 Å². The second-order valence-corrected chi connectivity index (χ2v) is 16.4. The van der Waals surface area contributed by atoms with Gasteiger partial charge in [-0.2, -0.15) is 0 Å². The van der Waals surface area contributed by atoms with E-state index in [1.807, 2.05) is 6.08 Å². The number of allylic oxidation sites excluding steroid dienone is 5. The van der Waals surface area contributed by atoms with E-state index in [0.717, 1.165) is 32.1 Å². The van der Waals surface area contributed by atoms with Gasteiger partial charge in [0.15, 0.2) is 0 Å². The fourth-order valence-electron chi connectivity index (χ4n) is 7.25. The summed E-state index contributed by atoms with van der Waals surface area (Å²) in [5.74, 6) is -0.317. The number of amides is 1. The molecule has 0 spiro atoms. The number of aliphatic hydroxyl groups is 3. The fourth-order valence-corrected chi connectivity index (χ4v) is 7.25. The monoisotopic (exact) mass is 760 g/mol. The average Bonchev–Trinajstić information content (AvgIpc) is 3.16. The van der Waals surface area contributed by atoms with Gasteiger partial charge < -0.3 is 20.6 Å². The van der Waals surface area contributed by atoms with Crippen LogP contribution in [0, 0.1) is 0 Å². The largest absolute Gasteiger partial charge is 0.394 e. The molecule has 5 nitrogen and oxygen atoms in total. The molecule has 0 aliphatic carbocycles. The number of rotatable bonds is 43. The summed E-state index contributed by atoms with van der Waals surface area (Å²) in [7, 11) is 0. The molecular formula is C49H93NO4. The number of hydrogen-bond donors (Lipinski definition) is 4. The Labute approximate surface area is 336 Å². The van der Waals surface area contributed by atoms with Crippen molar-refractivity contribution in [2.24, 2.45) is 0 Å². The van der Waals surface area contributed by atoms with Crippen molar-refractivity contribution >= 4 is 5.91 Å². The normalized spacial score (nSPS) is 13.8. The molecule has 0 fully saturated rings. The second-order valence-electron chi connectivity index (χ2n) is 16.4. The smallest absolute Gasteiger partial charge is 0.222 e. The summed E-state index contributed by atoms with van der Waals surface area (Å²) >= 11 is 0. The molecule has 0 radical (unpaired) electrons. The highest BCUT2D eigenvalue weighted by Gasteiger charge is 2.20. The molecule has 0 rings (SSSR count). The Bertz CT molecular complexity index is 840. The van der Waals surface area contributed by atoms with Crippen molar-refractivity contribution in [2.45, 2.75) is 263 Å². The molecule has 1 amide bonds. The first-order valence-electron chi connectivity index (χ1n) is 23.8. The highest BCUT2D eigenvalue weighted by atomic mass is 16.3. The maximum absolute atomic E-state index is 12.4. The molecule has 0 aromatic heterocycles. The molecule has 0 saturated carbocycles. The van der Waals surface area contributed by atoms with Gasteiger partial charge in [0, 0.05) is 0 Å². The van der Waals surface area contributed by atoms with Crippen LogP contribution < -0.4 is 5.32 Å². The molecule has 3 atom stereocenters. The van der Waals surface area contributed by atoms with Crippen LogP contribution in [0.3, 0.4) is 0 Å². The van der Waals surface area contributed by atoms with Gasteiger partial charge in [-0.3, -0.25) is 4.79 Å². The Morgan fingerprint density at radius 2 is 0.833 bits per heavy atom. The summed E-state index contributed by atoms with van der Waals surface area (Å²) in [5.41, 5.74) is 0. The number of nitrogens with one attached hydrogen (secondary N) is 1. The number of hydrogen-bond acceptors (Lipinski definition) is 4. The number of carbonyl (C=O) groups excluding carboxylic acids is 1. The Hall–Kier alpha value is -1.43. The van der Waals surface area contributed by atoms with Crippen molar-refractivity contribution in [3.8, 4) is 0 Å². The van der Waals surface area contributed by atoms with Crippen molar-refractivity contribution in [1.82, 2.24) is 5.32 Å². The van der Waals surface area contributed by atoms with Gasteiger partial charge in [0.25, 0.3) is 0 Å². The molecule has 318 valence electrons. The zero-order valence-corrected chi connectivity index (χ0v) is 36.1. The van der Waals surface area contributed by atoms with Crippen LogP contribution in [0.1, 0.15) is 245 Å². The van der Waals surface area contributed by atoms with Gasteiger partial charge in [-0.15, -0.1) is 0 Å². The maximum atomic E-state index is 12.4. The molecule has 0 saturated heterocycles. The van der Waals surface area contributed by atoms with Crippen LogP contribution in [0.25, 0.3) is 0 Å². The summed E-state index contributed by atoms with van der Waals surface area (Å²) in [4.78, 5) is 12.4. The standard InChI is InChI=1S/C49H93NO4/c1-3-5-7-9-11-13-15-17-18-19-20-21-22-23-24-25-26-27-28-29-30-31-32-34-36-38-40-42-46(52)44-49(54)50-47(45-51)48(53)43-41-39-37-35-33-16-14-12-10-8-6-4-2/h20-21,23-24,41,43,46-48,51-53H,3-19,22,25-40,42,44-45H2,1-2H3,(H,50,54)/b21-20-,24-23-,43-41+. The van der Waals surface area contributed by atoms with E-state index in [1.165, 1.54) is 186 Å². The Balaban J connectivity index is 3.59. The number of unbranched alkanes of at least 4 members (excludes halogenated alkanes) is 30. The zero-order chi connectivity index (χ0) is 39.4. The second kappa shape index (κ2) is 44.3. The topological polar surface area (TPSA) is 89.8 Å². The average molecular weight is 760 g/mol. The van der Waals surface area contributed by atoms with E-state index >= 15 is 0 Å². The van der Waals surface area contributed by atoms with Crippen LogP contribution >= 0.6 is 0 Å². The quantitative estimate of drug-likeness (QED) is 0.0368. The van der Waals surface area contributed by atoms with Crippen LogP contribution in [0.15, 0.2) is 36.5 Å². The minimum atomic E-state index is -0.928. The highest BCUT2D eigenvalue weighted by Crippen LogP contribution is 2.15. The van der Waals surface area contributed by atoms with Gasteiger partial charge in [-0.05, 0) is 51.4 Å². The van der Waals surface area contributed by atoms with Gasteiger partial charge in [0.05, 0.1) is 31.3 Å². The van der Waals surface area contributed by atoms with E-state index in [4.69, 9.17) is 0 Å². The van der Waals surface area contributed by atoms with Crippen LogP contribution in [-0.2, 0) is 4.79 Å². The van der Waals surface area contributed by atoms with Gasteiger partial charge in [0.2, 0.25) is 5.91 Å². The molecule has 0 aliphatic rings. The van der Waals surface area contributed by atoms with Crippen molar-refractivity contribution in [2.75, 3.05) is 6.61 Å². The Morgan fingerprint density at radius 3 is 1.22 bits per heavy atom. The third-order valence-corrected chi connectivity index (χ3v) is 10.9. The maximum Gasteiger partial charge on any atom is 0.222 e. The van der Waals surface area contributed by atoms with Crippen molar-refractivity contribution in [3.63, 3.8) is 0 Å². The third kappa shape index (κ3) is 40.2. The van der Waals surface area contributed by atoms with Gasteiger partial charge in [0.1, 0.15) is 0 Å². The predicted molar refractivity (Wildman–Crippen MR) is 236 cm³/mol. The first-order valence-corrected chi connectivity index (χ1v) is 23.8. The van der Waals surface area contributed by atoms with E-state index < -0.39 is 18.2 Å². The van der Waals surface area contributed by atoms with E-state index in [-0.39, 0.29) is 18.9 Å². The van der Waals surface area contributed by atoms with E-state index in [0.29, 0.717) is 6.42 Å². The molecule has 0 heterocycles. The van der Waals surface area contributed by atoms with Gasteiger partial charge in [-0.1, -0.05) is 224 Å². The molecule has 3 unspecified atom stereocenters. The van der Waals surface area contributed by atoms with Gasteiger partial charge in [-0.25, -0.2) is 0 Å². The predicted octanol–water partition coefficient (Wildman–Crippen LogP) is 13.9. The Morgan fingerprint density at radius 1 is 0.481 bits per heavy atom. The summed E-state index contributed by atoms with van der Waals surface area (Å²) in [5, 5.41) is 33.2. The molecule has 0 aromatic carbocycles. The SMILES string of the molecule is CCCCCCCCCCC/C=C\C/C=C\CCCCCCCCCCCCCC(O)CC(=O)NC(CO)C(O)/C=C/CCCCCCCCCCCC. The van der Waals surface area contributed by atoms with Crippen molar-refractivity contribution in [3.05, 3.63) is 36.5 Å². The number of aliphatic hydroxyl groups excluding tert-OH is 3. The molecule has 4 N–H and O–H groups in total. The van der Waals surface area contributed by atoms with Crippen LogP contribution in [-0.4, -0.2) is 46.1 Å². The first kappa shape index (κ1) is 52.6. The lowest BCUT2D eigenvalue weighted by atomic mass is 10.0. The molecule has 0 aliphatic heterocycles. The first-order chi connectivity index (χ1) is 26.5.